The number of aryl methyl sites for hydroxylation is 3. The van der Waals surface area contributed by atoms with Crippen molar-refractivity contribution in [3.63, 3.8) is 0 Å². The highest BCUT2D eigenvalue weighted by Gasteiger charge is 2.55. The molecular weight excluding hydrogens is 346 g/mol. The van der Waals surface area contributed by atoms with E-state index < -0.39 is 17.5 Å². The van der Waals surface area contributed by atoms with Crippen molar-refractivity contribution in [1.29, 1.82) is 0 Å². The maximum atomic E-state index is 13.1. The van der Waals surface area contributed by atoms with Gasteiger partial charge >= 0.3 is 6.03 Å². The Bertz CT molecular complexity index is 980. The predicted molar refractivity (Wildman–Crippen MR) is 98.0 cm³/mol. The quantitative estimate of drug-likeness (QED) is 0.801. The first-order valence-electron chi connectivity index (χ1n) is 8.86. The third-order valence-electron chi connectivity index (χ3n) is 5.50. The number of nitrogens with one attached hydrogen (secondary N) is 2. The molecule has 1 aromatic carbocycles. The topological polar surface area (TPSA) is 96.3 Å². The van der Waals surface area contributed by atoms with E-state index in [2.05, 4.69) is 15.7 Å². The molecule has 4 rings (SSSR count). The second-order valence-corrected chi connectivity index (χ2v) is 7.10. The molecule has 0 radical (unpaired) electrons. The lowest BCUT2D eigenvalue weighted by molar-refractivity contribution is -0.134. The number of amides is 4. The molecule has 2 aromatic rings. The number of aromatic nitrogens is 2. The Hall–Kier alpha value is -3.16. The minimum Gasteiger partial charge on any atom is -0.321 e. The number of hydrogen-bond acceptors (Lipinski definition) is 4. The fourth-order valence-electron chi connectivity index (χ4n) is 4.01. The maximum Gasteiger partial charge on any atom is 0.325 e. The van der Waals surface area contributed by atoms with E-state index in [4.69, 9.17) is 0 Å². The molecule has 1 fully saturated rings. The Balaban J connectivity index is 1.55. The predicted octanol–water partition coefficient (Wildman–Crippen LogP) is 1.37. The van der Waals surface area contributed by atoms with Gasteiger partial charge in [0.15, 0.2) is 0 Å². The Morgan fingerprint density at radius 2 is 2.04 bits per heavy atom. The van der Waals surface area contributed by atoms with E-state index in [1.54, 1.807) is 18.7 Å². The van der Waals surface area contributed by atoms with Gasteiger partial charge in [-0.1, -0.05) is 24.3 Å². The fraction of sp³-hybridized carbons (Fsp3) is 0.368. The van der Waals surface area contributed by atoms with E-state index in [-0.39, 0.29) is 12.5 Å². The third kappa shape index (κ3) is 2.51. The van der Waals surface area contributed by atoms with Crippen molar-refractivity contribution in [3.8, 4) is 0 Å². The van der Waals surface area contributed by atoms with Gasteiger partial charge in [0.2, 0.25) is 5.91 Å². The number of rotatable bonds is 3. The molecular formula is C19H21N5O3. The highest BCUT2D eigenvalue weighted by molar-refractivity contribution is 6.11. The molecule has 8 nitrogen and oxygen atoms in total. The molecule has 0 unspecified atom stereocenters. The average molecular weight is 367 g/mol. The van der Waals surface area contributed by atoms with Gasteiger partial charge in [0.1, 0.15) is 12.1 Å². The Morgan fingerprint density at radius 3 is 2.74 bits per heavy atom. The van der Waals surface area contributed by atoms with Gasteiger partial charge in [0, 0.05) is 7.05 Å². The summed E-state index contributed by atoms with van der Waals surface area (Å²) in [5.41, 5.74) is 2.93. The molecule has 140 valence electrons. The number of nitrogens with zero attached hydrogens (tertiary/aromatic N) is 3. The second kappa shape index (κ2) is 5.94. The first-order valence-corrected chi connectivity index (χ1v) is 8.86. The van der Waals surface area contributed by atoms with Crippen LogP contribution < -0.4 is 10.6 Å². The van der Waals surface area contributed by atoms with Gasteiger partial charge in [-0.3, -0.25) is 19.2 Å². The van der Waals surface area contributed by atoms with Gasteiger partial charge in [-0.05, 0) is 37.8 Å². The summed E-state index contributed by atoms with van der Waals surface area (Å²) in [7, 11) is 1.79. The van der Waals surface area contributed by atoms with Crippen LogP contribution in [-0.4, -0.2) is 39.1 Å². The normalized spacial score (nSPS) is 20.9. The van der Waals surface area contributed by atoms with Crippen LogP contribution in [0.5, 0.6) is 0 Å². The highest BCUT2D eigenvalue weighted by atomic mass is 16.2. The molecule has 2 heterocycles. The zero-order valence-electron chi connectivity index (χ0n) is 15.5. The van der Waals surface area contributed by atoms with Crippen LogP contribution in [0.1, 0.15) is 28.9 Å². The van der Waals surface area contributed by atoms with Crippen LogP contribution in [-0.2, 0) is 28.6 Å². The largest absolute Gasteiger partial charge is 0.325 e. The van der Waals surface area contributed by atoms with Crippen molar-refractivity contribution < 1.29 is 14.4 Å². The molecule has 1 aromatic heterocycles. The highest BCUT2D eigenvalue weighted by Crippen LogP contribution is 2.41. The summed E-state index contributed by atoms with van der Waals surface area (Å²) in [5.74, 6) is -0.798. The summed E-state index contributed by atoms with van der Waals surface area (Å²) in [6.45, 7) is 3.30. The Morgan fingerprint density at radius 1 is 1.30 bits per heavy atom. The molecule has 2 N–H and O–H groups in total. The lowest BCUT2D eigenvalue weighted by Crippen LogP contribution is -2.43. The second-order valence-electron chi connectivity index (χ2n) is 7.10. The number of hydrogen-bond donors (Lipinski definition) is 2. The van der Waals surface area contributed by atoms with Crippen LogP contribution in [0.2, 0.25) is 0 Å². The molecule has 27 heavy (non-hydrogen) atoms. The number of fused-ring (bicyclic) bond motifs is 2. The maximum absolute atomic E-state index is 13.1. The number of urea groups is 1. The van der Waals surface area contributed by atoms with E-state index in [9.17, 15) is 14.4 Å². The smallest absolute Gasteiger partial charge is 0.321 e. The van der Waals surface area contributed by atoms with Gasteiger partial charge in [-0.25, -0.2) is 4.79 Å². The van der Waals surface area contributed by atoms with Crippen molar-refractivity contribution in [2.24, 2.45) is 7.05 Å². The lowest BCUT2D eigenvalue weighted by atomic mass is 9.92. The van der Waals surface area contributed by atoms with Crippen LogP contribution in [0.25, 0.3) is 0 Å². The van der Waals surface area contributed by atoms with Crippen molar-refractivity contribution in [1.82, 2.24) is 20.0 Å². The summed E-state index contributed by atoms with van der Waals surface area (Å²) in [6, 6.07) is 7.07. The molecule has 1 aliphatic heterocycles. The van der Waals surface area contributed by atoms with Crippen LogP contribution in [0.15, 0.2) is 24.3 Å². The molecule has 1 aliphatic carbocycles. The molecule has 1 saturated heterocycles. The van der Waals surface area contributed by atoms with Crippen LogP contribution in [0.4, 0.5) is 10.5 Å². The Kier molecular flexibility index (Phi) is 3.80. The SMILES string of the molecule is Cc1nn(C)c(C)c1NC(=O)CN1C(=O)N[C@@]2(CCc3ccccc32)C1=O. The van der Waals surface area contributed by atoms with Crippen molar-refractivity contribution in [2.75, 3.05) is 11.9 Å². The third-order valence-corrected chi connectivity index (χ3v) is 5.50. The number of imide groups is 1. The minimum atomic E-state index is -1.05. The summed E-state index contributed by atoms with van der Waals surface area (Å²) in [4.78, 5) is 39.1. The van der Waals surface area contributed by atoms with Crippen LogP contribution in [0.3, 0.4) is 0 Å². The van der Waals surface area contributed by atoms with Gasteiger partial charge < -0.3 is 10.6 Å². The zero-order chi connectivity index (χ0) is 19.3. The first-order chi connectivity index (χ1) is 12.8. The molecule has 4 amide bonds. The molecule has 0 saturated carbocycles. The monoisotopic (exact) mass is 367 g/mol. The zero-order valence-corrected chi connectivity index (χ0v) is 15.5. The number of carbonyl (C=O) groups is 3. The van der Waals surface area contributed by atoms with Gasteiger partial charge in [-0.15, -0.1) is 0 Å². The number of anilines is 1. The first kappa shape index (κ1) is 17.3. The lowest BCUT2D eigenvalue weighted by Gasteiger charge is -2.22. The van der Waals surface area contributed by atoms with E-state index >= 15 is 0 Å². The molecule has 2 aliphatic rings. The molecule has 0 bridgehead atoms. The van der Waals surface area contributed by atoms with Crippen LogP contribution >= 0.6 is 0 Å². The van der Waals surface area contributed by atoms with E-state index in [0.29, 0.717) is 17.8 Å². The van der Waals surface area contributed by atoms with Crippen LogP contribution in [0, 0.1) is 13.8 Å². The van der Waals surface area contributed by atoms with E-state index in [0.717, 1.165) is 28.1 Å². The molecule has 1 atom stereocenters. The fourth-order valence-corrected chi connectivity index (χ4v) is 4.01. The summed E-state index contributed by atoms with van der Waals surface area (Å²) >= 11 is 0. The Labute approximate surface area is 156 Å². The van der Waals surface area contributed by atoms with Gasteiger partial charge in [0.05, 0.1) is 17.1 Å². The number of carbonyl (C=O) groups excluding carboxylic acids is 3. The van der Waals surface area contributed by atoms with Gasteiger partial charge in [0.25, 0.3) is 5.91 Å². The van der Waals surface area contributed by atoms with Crippen molar-refractivity contribution >= 4 is 23.5 Å². The van der Waals surface area contributed by atoms with E-state index in [1.165, 1.54) is 0 Å². The van der Waals surface area contributed by atoms with Gasteiger partial charge in [-0.2, -0.15) is 5.10 Å². The molecule has 8 heteroatoms. The van der Waals surface area contributed by atoms with E-state index in [1.807, 2.05) is 31.2 Å². The average Bonchev–Trinajstić information content (AvgIpc) is 3.20. The number of benzene rings is 1. The standard InChI is InChI=1S/C19H21N5O3/c1-11-16(12(2)23(3)22-11)20-15(25)10-24-17(26)19(21-18(24)27)9-8-13-6-4-5-7-14(13)19/h4-7H,8-10H2,1-3H3,(H,20,25)(H,21,27)/t19-/m1/s1. The van der Waals surface area contributed by atoms with Crippen molar-refractivity contribution in [2.45, 2.75) is 32.2 Å². The summed E-state index contributed by atoms with van der Waals surface area (Å²) in [5, 5.41) is 9.84. The summed E-state index contributed by atoms with van der Waals surface area (Å²) < 4.78 is 1.67. The van der Waals surface area contributed by atoms with Crippen molar-refractivity contribution in [3.05, 3.63) is 46.8 Å². The summed E-state index contributed by atoms with van der Waals surface area (Å²) in [6.07, 6.45) is 1.23. The minimum absolute atomic E-state index is 0.331. The molecule has 1 spiro atoms.